The van der Waals surface area contributed by atoms with Gasteiger partial charge >= 0.3 is 0 Å². The first-order valence-corrected chi connectivity index (χ1v) is 6.45. The summed E-state index contributed by atoms with van der Waals surface area (Å²) in [5.74, 6) is 1.44. The van der Waals surface area contributed by atoms with E-state index in [-0.39, 0.29) is 0 Å². The first-order chi connectivity index (χ1) is 8.69. The molecule has 0 aliphatic carbocycles. The molecule has 2 aromatic rings. The minimum absolute atomic E-state index is 0.469. The van der Waals surface area contributed by atoms with Crippen molar-refractivity contribution in [2.24, 2.45) is 5.73 Å². The van der Waals surface area contributed by atoms with Crippen LogP contribution in [0.25, 0.3) is 11.3 Å². The summed E-state index contributed by atoms with van der Waals surface area (Å²) in [7, 11) is 3.26. The van der Waals surface area contributed by atoms with Crippen LogP contribution in [0.1, 0.15) is 10.6 Å². The van der Waals surface area contributed by atoms with Crippen LogP contribution < -0.4 is 15.2 Å². The van der Waals surface area contributed by atoms with E-state index in [4.69, 9.17) is 15.2 Å². The van der Waals surface area contributed by atoms with E-state index in [0.717, 1.165) is 27.6 Å². The number of thiazole rings is 1. The summed E-state index contributed by atoms with van der Waals surface area (Å²) in [6.45, 7) is 2.50. The van der Waals surface area contributed by atoms with Crippen molar-refractivity contribution in [1.82, 2.24) is 4.98 Å². The van der Waals surface area contributed by atoms with Gasteiger partial charge in [-0.1, -0.05) is 0 Å². The van der Waals surface area contributed by atoms with Gasteiger partial charge in [-0.2, -0.15) is 0 Å². The second kappa shape index (κ2) is 5.37. The van der Waals surface area contributed by atoms with Gasteiger partial charge in [0.25, 0.3) is 0 Å². The number of nitrogens with zero attached hydrogens (tertiary/aromatic N) is 1. The zero-order valence-corrected chi connectivity index (χ0v) is 11.5. The fourth-order valence-corrected chi connectivity index (χ4v) is 2.46. The quantitative estimate of drug-likeness (QED) is 0.922. The molecule has 2 N–H and O–H groups in total. The molecule has 0 aliphatic heterocycles. The number of hydrogen-bond acceptors (Lipinski definition) is 5. The molecule has 0 unspecified atom stereocenters. The van der Waals surface area contributed by atoms with E-state index in [0.29, 0.717) is 12.3 Å². The number of benzene rings is 1. The molecule has 1 heterocycles. The molecule has 0 saturated heterocycles. The van der Waals surface area contributed by atoms with Crippen molar-refractivity contribution in [2.75, 3.05) is 14.2 Å². The Labute approximate surface area is 110 Å². The van der Waals surface area contributed by atoms with Gasteiger partial charge in [0.05, 0.1) is 19.9 Å². The molecule has 0 spiro atoms. The van der Waals surface area contributed by atoms with Crippen LogP contribution >= 0.6 is 11.3 Å². The Morgan fingerprint density at radius 2 is 1.89 bits per heavy atom. The van der Waals surface area contributed by atoms with Crippen molar-refractivity contribution in [3.63, 3.8) is 0 Å². The number of methoxy groups -OCH3 is 2. The molecule has 0 saturated carbocycles. The molecule has 0 amide bonds. The monoisotopic (exact) mass is 264 g/mol. The Bertz CT molecular complexity index is 552. The Hall–Kier alpha value is -1.59. The molecule has 0 radical (unpaired) electrons. The smallest absolute Gasteiger partial charge is 0.161 e. The number of nitrogens with two attached hydrogens (primary N) is 1. The van der Waals surface area contributed by atoms with Crippen LogP contribution in [-0.4, -0.2) is 19.2 Å². The van der Waals surface area contributed by atoms with E-state index < -0.39 is 0 Å². The second-order valence-corrected chi connectivity index (χ2v) is 4.80. The lowest BCUT2D eigenvalue weighted by Crippen LogP contribution is -1.96. The lowest BCUT2D eigenvalue weighted by Gasteiger charge is -2.11. The highest BCUT2D eigenvalue weighted by Crippen LogP contribution is 2.35. The Kier molecular flexibility index (Phi) is 3.84. The van der Waals surface area contributed by atoms with Gasteiger partial charge in [0, 0.05) is 17.5 Å². The molecule has 0 atom stereocenters. The third kappa shape index (κ3) is 2.32. The molecular weight excluding hydrogens is 248 g/mol. The minimum Gasteiger partial charge on any atom is -0.493 e. The van der Waals surface area contributed by atoms with Gasteiger partial charge < -0.3 is 15.2 Å². The van der Waals surface area contributed by atoms with Gasteiger partial charge in [-0.05, 0) is 24.6 Å². The fourth-order valence-electron chi connectivity index (χ4n) is 1.78. The van der Waals surface area contributed by atoms with Crippen molar-refractivity contribution >= 4 is 11.3 Å². The molecule has 96 valence electrons. The van der Waals surface area contributed by atoms with Crippen LogP contribution in [0, 0.1) is 6.92 Å². The Morgan fingerprint density at radius 3 is 2.44 bits per heavy atom. The summed E-state index contributed by atoms with van der Waals surface area (Å²) in [6, 6.07) is 3.90. The third-order valence-electron chi connectivity index (χ3n) is 2.73. The summed E-state index contributed by atoms with van der Waals surface area (Å²) in [5.41, 5.74) is 8.66. The zero-order chi connectivity index (χ0) is 13.1. The summed E-state index contributed by atoms with van der Waals surface area (Å²) < 4.78 is 10.6. The normalized spacial score (nSPS) is 10.4. The van der Waals surface area contributed by atoms with Crippen LogP contribution in [0.4, 0.5) is 0 Å². The van der Waals surface area contributed by atoms with E-state index in [1.165, 1.54) is 0 Å². The average molecular weight is 264 g/mol. The van der Waals surface area contributed by atoms with Crippen molar-refractivity contribution in [2.45, 2.75) is 13.5 Å². The molecule has 1 aromatic heterocycles. The number of aryl methyl sites for hydroxylation is 1. The maximum absolute atomic E-state index is 5.58. The second-order valence-electron chi connectivity index (χ2n) is 3.85. The lowest BCUT2D eigenvalue weighted by molar-refractivity contribution is 0.355. The number of rotatable bonds is 4. The van der Waals surface area contributed by atoms with E-state index in [2.05, 4.69) is 4.98 Å². The predicted molar refractivity (Wildman–Crippen MR) is 73.3 cm³/mol. The van der Waals surface area contributed by atoms with E-state index in [9.17, 15) is 0 Å². The number of ether oxygens (including phenoxy) is 2. The molecule has 2 rings (SSSR count). The third-order valence-corrected chi connectivity index (χ3v) is 3.60. The topological polar surface area (TPSA) is 57.4 Å². The van der Waals surface area contributed by atoms with Crippen molar-refractivity contribution in [3.8, 4) is 22.8 Å². The van der Waals surface area contributed by atoms with E-state index >= 15 is 0 Å². The van der Waals surface area contributed by atoms with Crippen LogP contribution in [0.3, 0.4) is 0 Å². The summed E-state index contributed by atoms with van der Waals surface area (Å²) in [6.07, 6.45) is 0. The number of hydrogen-bond donors (Lipinski definition) is 1. The summed E-state index contributed by atoms with van der Waals surface area (Å²) >= 11 is 1.57. The molecule has 4 nitrogen and oxygen atoms in total. The SMILES string of the molecule is COc1cc(C)c(-c2csc(CN)n2)cc1OC. The van der Waals surface area contributed by atoms with Crippen LogP contribution in [0.5, 0.6) is 11.5 Å². The van der Waals surface area contributed by atoms with E-state index in [1.807, 2.05) is 24.4 Å². The first-order valence-electron chi connectivity index (χ1n) is 5.57. The van der Waals surface area contributed by atoms with Gasteiger partial charge in [-0.3, -0.25) is 0 Å². The predicted octanol–water partition coefficient (Wildman–Crippen LogP) is 2.59. The zero-order valence-electron chi connectivity index (χ0n) is 10.7. The minimum atomic E-state index is 0.469. The maximum atomic E-state index is 5.58. The highest BCUT2D eigenvalue weighted by atomic mass is 32.1. The summed E-state index contributed by atoms with van der Waals surface area (Å²) in [4.78, 5) is 4.49. The molecular formula is C13H16N2O2S. The average Bonchev–Trinajstić information content (AvgIpc) is 2.86. The Balaban J connectivity index is 2.50. The largest absolute Gasteiger partial charge is 0.493 e. The number of aromatic nitrogens is 1. The van der Waals surface area contributed by atoms with Crippen LogP contribution in [0.15, 0.2) is 17.5 Å². The fraction of sp³-hybridized carbons (Fsp3) is 0.308. The standard InChI is InChI=1S/C13H16N2O2S/c1-8-4-11(16-2)12(17-3)5-9(8)10-7-18-13(6-14)15-10/h4-5,7H,6,14H2,1-3H3. The first kappa shape index (κ1) is 12.9. The lowest BCUT2D eigenvalue weighted by atomic mass is 10.1. The van der Waals surface area contributed by atoms with Crippen molar-refractivity contribution in [1.29, 1.82) is 0 Å². The van der Waals surface area contributed by atoms with Crippen molar-refractivity contribution in [3.05, 3.63) is 28.1 Å². The van der Waals surface area contributed by atoms with Gasteiger partial charge in [-0.25, -0.2) is 4.98 Å². The van der Waals surface area contributed by atoms with Gasteiger partial charge in [0.2, 0.25) is 0 Å². The van der Waals surface area contributed by atoms with Gasteiger partial charge in [0.1, 0.15) is 5.01 Å². The molecule has 0 bridgehead atoms. The van der Waals surface area contributed by atoms with Crippen LogP contribution in [0.2, 0.25) is 0 Å². The van der Waals surface area contributed by atoms with Crippen molar-refractivity contribution < 1.29 is 9.47 Å². The van der Waals surface area contributed by atoms with Gasteiger partial charge in [0.15, 0.2) is 11.5 Å². The maximum Gasteiger partial charge on any atom is 0.161 e. The van der Waals surface area contributed by atoms with E-state index in [1.54, 1.807) is 25.6 Å². The molecule has 1 aromatic carbocycles. The summed E-state index contributed by atoms with van der Waals surface area (Å²) in [5, 5.41) is 2.94. The molecule has 5 heteroatoms. The highest BCUT2D eigenvalue weighted by molar-refractivity contribution is 7.09. The Morgan fingerprint density at radius 1 is 1.22 bits per heavy atom. The molecule has 18 heavy (non-hydrogen) atoms. The molecule has 0 aliphatic rings. The van der Waals surface area contributed by atoms with Crippen LogP contribution in [-0.2, 0) is 6.54 Å². The van der Waals surface area contributed by atoms with Gasteiger partial charge in [-0.15, -0.1) is 11.3 Å². The molecule has 0 fully saturated rings. The highest BCUT2D eigenvalue weighted by Gasteiger charge is 2.12.